The van der Waals surface area contributed by atoms with Crippen molar-refractivity contribution in [1.82, 2.24) is 0 Å². The molecule has 1 aromatic heterocycles. The maximum atomic E-state index is 13.5. The number of rotatable bonds is 8. The summed E-state index contributed by atoms with van der Waals surface area (Å²) in [5.74, 6) is -1.24. The quantitative estimate of drug-likeness (QED) is 0.354. The van der Waals surface area contributed by atoms with Crippen molar-refractivity contribution in [2.45, 2.75) is 47.1 Å². The number of methoxy groups -OCH3 is 1. The largest absolute Gasteiger partial charge is 0.507 e. The van der Waals surface area contributed by atoms with Crippen LogP contribution in [0.4, 0.5) is 8.78 Å². The predicted molar refractivity (Wildman–Crippen MR) is 131 cm³/mol. The predicted octanol–water partition coefficient (Wildman–Crippen LogP) is 6.50. The van der Waals surface area contributed by atoms with Gasteiger partial charge in [0.2, 0.25) is 11.2 Å². The molecule has 6 nitrogen and oxygen atoms in total. The highest BCUT2D eigenvalue weighted by atomic mass is 19.3. The topological polar surface area (TPSA) is 89.1 Å². The first kappa shape index (κ1) is 25.8. The minimum absolute atomic E-state index is 0.100. The molecule has 2 aromatic carbocycles. The number of hydrogen-bond donors (Lipinski definition) is 2. The van der Waals surface area contributed by atoms with E-state index in [4.69, 9.17) is 9.15 Å². The summed E-state index contributed by atoms with van der Waals surface area (Å²) in [6.07, 6.45) is 3.91. The maximum absolute atomic E-state index is 13.5. The molecule has 0 aliphatic rings. The summed E-state index contributed by atoms with van der Waals surface area (Å²) in [6.45, 7) is 4.14. The smallest absolute Gasteiger partial charge is 0.387 e. The van der Waals surface area contributed by atoms with Crippen LogP contribution in [0.15, 0.2) is 56.8 Å². The first-order valence-electron chi connectivity index (χ1n) is 11.0. The van der Waals surface area contributed by atoms with Gasteiger partial charge in [0.1, 0.15) is 28.2 Å². The molecule has 35 heavy (non-hydrogen) atoms. The zero-order chi connectivity index (χ0) is 25.9. The van der Waals surface area contributed by atoms with Gasteiger partial charge in [-0.2, -0.15) is 8.78 Å². The Morgan fingerprint density at radius 2 is 1.54 bits per heavy atom. The first-order chi connectivity index (χ1) is 16.5. The molecular formula is C27H28F2O6. The fraction of sp³-hybridized carbons (Fsp3) is 0.296. The average molecular weight is 487 g/mol. The van der Waals surface area contributed by atoms with Crippen LogP contribution in [0.25, 0.3) is 22.3 Å². The van der Waals surface area contributed by atoms with Gasteiger partial charge in [0.25, 0.3) is 0 Å². The van der Waals surface area contributed by atoms with Crippen molar-refractivity contribution in [3.05, 3.63) is 68.9 Å². The van der Waals surface area contributed by atoms with Crippen LogP contribution in [-0.2, 0) is 12.8 Å². The molecule has 0 bridgehead atoms. The number of halogens is 2. The van der Waals surface area contributed by atoms with Crippen molar-refractivity contribution >= 4 is 11.0 Å². The Hall–Kier alpha value is -3.81. The molecule has 186 valence electrons. The third-order valence-electron chi connectivity index (χ3n) is 5.43. The Balaban J connectivity index is 2.46. The Kier molecular flexibility index (Phi) is 7.84. The van der Waals surface area contributed by atoms with Gasteiger partial charge in [-0.1, -0.05) is 23.3 Å². The van der Waals surface area contributed by atoms with Gasteiger partial charge in [-0.15, -0.1) is 0 Å². The number of benzene rings is 2. The molecular weight excluding hydrogens is 458 g/mol. The minimum atomic E-state index is -3.30. The van der Waals surface area contributed by atoms with Gasteiger partial charge in [-0.3, -0.25) is 4.79 Å². The third-order valence-corrected chi connectivity index (χ3v) is 5.43. The van der Waals surface area contributed by atoms with E-state index in [1.807, 2.05) is 33.8 Å². The van der Waals surface area contributed by atoms with Crippen LogP contribution >= 0.6 is 0 Å². The third kappa shape index (κ3) is 5.48. The van der Waals surface area contributed by atoms with Gasteiger partial charge in [0, 0.05) is 16.7 Å². The van der Waals surface area contributed by atoms with E-state index in [1.165, 1.54) is 19.2 Å². The second kappa shape index (κ2) is 10.6. The number of ether oxygens (including phenoxy) is 2. The molecule has 0 amide bonds. The number of aromatic hydroxyl groups is 2. The van der Waals surface area contributed by atoms with Gasteiger partial charge < -0.3 is 24.1 Å². The van der Waals surface area contributed by atoms with Crippen LogP contribution in [0, 0.1) is 0 Å². The van der Waals surface area contributed by atoms with Crippen molar-refractivity contribution in [2.24, 2.45) is 0 Å². The summed E-state index contributed by atoms with van der Waals surface area (Å²) in [4.78, 5) is 13.5. The number of alkyl halides is 2. The first-order valence-corrected chi connectivity index (χ1v) is 11.0. The molecule has 1 heterocycles. The summed E-state index contributed by atoms with van der Waals surface area (Å²) in [6, 6.07) is 6.21. The van der Waals surface area contributed by atoms with E-state index in [9.17, 15) is 23.8 Å². The van der Waals surface area contributed by atoms with E-state index in [2.05, 4.69) is 4.74 Å². The molecule has 0 saturated carbocycles. The molecule has 0 saturated heterocycles. The van der Waals surface area contributed by atoms with Gasteiger partial charge in [0.05, 0.1) is 7.11 Å². The van der Waals surface area contributed by atoms with Crippen molar-refractivity contribution < 1.29 is 32.9 Å². The number of hydrogen-bond acceptors (Lipinski definition) is 6. The molecule has 0 unspecified atom stereocenters. The van der Waals surface area contributed by atoms with Gasteiger partial charge >= 0.3 is 6.61 Å². The molecule has 8 heteroatoms. The van der Waals surface area contributed by atoms with Crippen molar-refractivity contribution in [3.8, 4) is 34.3 Å². The van der Waals surface area contributed by atoms with Gasteiger partial charge in [-0.25, -0.2) is 0 Å². The Bertz CT molecular complexity index is 1340. The van der Waals surface area contributed by atoms with E-state index in [0.29, 0.717) is 5.75 Å². The number of allylic oxidation sites excluding steroid dienone is 4. The lowest BCUT2D eigenvalue weighted by atomic mass is 9.96. The van der Waals surface area contributed by atoms with E-state index >= 15 is 0 Å². The van der Waals surface area contributed by atoms with Crippen LogP contribution in [0.5, 0.6) is 23.0 Å². The maximum Gasteiger partial charge on any atom is 0.387 e. The standard InChI is InChI=1S/C27H28F2O6/c1-14(2)6-12-18-21(30)19(13-7-15(3)4)25-20(22(18)31)23(32)26(35-27(28)29)24(34-25)16-8-10-17(33-5)11-9-16/h6-11,27,30-31H,12-13H2,1-5H3. The van der Waals surface area contributed by atoms with Crippen LogP contribution in [0.2, 0.25) is 0 Å². The molecule has 3 aromatic rings. The van der Waals surface area contributed by atoms with Crippen LogP contribution in [0.1, 0.15) is 38.8 Å². The van der Waals surface area contributed by atoms with E-state index in [-0.39, 0.29) is 52.0 Å². The molecule has 3 rings (SSSR count). The second-order valence-electron chi connectivity index (χ2n) is 8.53. The summed E-state index contributed by atoms with van der Waals surface area (Å²) in [7, 11) is 1.48. The van der Waals surface area contributed by atoms with Gasteiger partial charge in [0.15, 0.2) is 5.76 Å². The van der Waals surface area contributed by atoms with Crippen LogP contribution < -0.4 is 14.9 Å². The zero-order valence-corrected chi connectivity index (χ0v) is 20.2. The number of phenolic OH excluding ortho intramolecular Hbond substituents is 2. The highest BCUT2D eigenvalue weighted by Gasteiger charge is 2.28. The molecule has 0 aliphatic carbocycles. The zero-order valence-electron chi connectivity index (χ0n) is 20.2. The van der Waals surface area contributed by atoms with Gasteiger partial charge in [-0.05, 0) is 64.8 Å². The van der Waals surface area contributed by atoms with Crippen molar-refractivity contribution in [1.29, 1.82) is 0 Å². The number of fused-ring (bicyclic) bond motifs is 1. The molecule has 0 atom stereocenters. The van der Waals surface area contributed by atoms with Crippen LogP contribution in [-0.4, -0.2) is 23.9 Å². The van der Waals surface area contributed by atoms with Crippen LogP contribution in [0.3, 0.4) is 0 Å². The monoisotopic (exact) mass is 486 g/mol. The summed E-state index contributed by atoms with van der Waals surface area (Å²) >= 11 is 0. The van der Waals surface area contributed by atoms with Crippen molar-refractivity contribution in [3.63, 3.8) is 0 Å². The van der Waals surface area contributed by atoms with Crippen molar-refractivity contribution in [2.75, 3.05) is 7.11 Å². The fourth-order valence-corrected chi connectivity index (χ4v) is 3.62. The average Bonchev–Trinajstić information content (AvgIpc) is 2.79. The number of phenols is 2. The molecule has 0 aliphatic heterocycles. The molecule has 2 N–H and O–H groups in total. The van der Waals surface area contributed by atoms with E-state index < -0.39 is 23.5 Å². The normalized spacial score (nSPS) is 11.0. The molecule has 0 spiro atoms. The molecule has 0 radical (unpaired) electrons. The Morgan fingerprint density at radius 3 is 2.06 bits per heavy atom. The summed E-state index contributed by atoms with van der Waals surface area (Å²) in [5, 5.41) is 21.7. The second-order valence-corrected chi connectivity index (χ2v) is 8.53. The minimum Gasteiger partial charge on any atom is -0.507 e. The SMILES string of the molecule is COc1ccc(-c2oc3c(CC=C(C)C)c(O)c(CC=C(C)C)c(O)c3c(=O)c2OC(F)F)cc1. The molecule has 0 fully saturated rings. The lowest BCUT2D eigenvalue weighted by molar-refractivity contribution is -0.0509. The lowest BCUT2D eigenvalue weighted by Gasteiger charge is -2.17. The summed E-state index contributed by atoms with van der Waals surface area (Å²) in [5.41, 5.74) is 1.45. The van der Waals surface area contributed by atoms with E-state index in [0.717, 1.165) is 11.1 Å². The van der Waals surface area contributed by atoms with E-state index in [1.54, 1.807) is 18.2 Å². The Morgan fingerprint density at radius 1 is 0.971 bits per heavy atom. The lowest BCUT2D eigenvalue weighted by Crippen LogP contribution is -2.15. The fourth-order valence-electron chi connectivity index (χ4n) is 3.62. The Labute approximate surface area is 201 Å². The highest BCUT2D eigenvalue weighted by Crippen LogP contribution is 2.43. The summed E-state index contributed by atoms with van der Waals surface area (Å²) < 4.78 is 42.3. The highest BCUT2D eigenvalue weighted by molar-refractivity contribution is 5.93.